The lowest BCUT2D eigenvalue weighted by Crippen LogP contribution is -2.17. The Kier molecular flexibility index (Phi) is 6.89. The largest absolute Gasteiger partial charge is 0.493 e. The molecular weight excluding hydrogens is 405 g/mol. The SMILES string of the molecule is COc1cc(/C=N\NC(=O)c2ccc([N+](=O)[O-])cc2)ccc1OCc1ccc(F)cc1. The lowest BCUT2D eigenvalue weighted by Gasteiger charge is -2.11. The predicted octanol–water partition coefficient (Wildman–Crippen LogP) is 4.09. The van der Waals surface area contributed by atoms with Crippen LogP contribution in [-0.2, 0) is 6.61 Å². The van der Waals surface area contributed by atoms with Crippen molar-refractivity contribution >= 4 is 17.8 Å². The van der Waals surface area contributed by atoms with Crippen LogP contribution in [0.5, 0.6) is 11.5 Å². The maximum atomic E-state index is 13.0. The van der Waals surface area contributed by atoms with Gasteiger partial charge in [0.25, 0.3) is 11.6 Å². The summed E-state index contributed by atoms with van der Waals surface area (Å²) in [6.45, 7) is 0.245. The molecule has 9 heteroatoms. The third-order valence-corrected chi connectivity index (χ3v) is 4.22. The highest BCUT2D eigenvalue weighted by atomic mass is 19.1. The number of hydrazone groups is 1. The van der Waals surface area contributed by atoms with E-state index in [4.69, 9.17) is 9.47 Å². The van der Waals surface area contributed by atoms with Crippen molar-refractivity contribution in [1.29, 1.82) is 0 Å². The Balaban J connectivity index is 1.60. The molecule has 0 saturated heterocycles. The van der Waals surface area contributed by atoms with Crippen LogP contribution in [0.2, 0.25) is 0 Å². The highest BCUT2D eigenvalue weighted by Gasteiger charge is 2.09. The molecule has 0 bridgehead atoms. The average Bonchev–Trinajstić information content (AvgIpc) is 2.79. The number of nitro groups is 1. The molecule has 3 aromatic carbocycles. The van der Waals surface area contributed by atoms with Crippen LogP contribution in [-0.4, -0.2) is 24.2 Å². The summed E-state index contributed by atoms with van der Waals surface area (Å²) in [5, 5.41) is 14.6. The molecule has 0 aliphatic heterocycles. The number of non-ortho nitro benzene ring substituents is 1. The summed E-state index contributed by atoms with van der Waals surface area (Å²) in [7, 11) is 1.50. The zero-order chi connectivity index (χ0) is 22.2. The number of rotatable bonds is 8. The van der Waals surface area contributed by atoms with Crippen molar-refractivity contribution in [2.24, 2.45) is 5.10 Å². The molecule has 8 nitrogen and oxygen atoms in total. The maximum absolute atomic E-state index is 13.0. The normalized spacial score (nSPS) is 10.6. The smallest absolute Gasteiger partial charge is 0.271 e. The maximum Gasteiger partial charge on any atom is 0.271 e. The molecule has 3 aromatic rings. The first kappa shape index (κ1) is 21.4. The molecule has 0 saturated carbocycles. The molecule has 158 valence electrons. The van der Waals surface area contributed by atoms with Gasteiger partial charge in [-0.1, -0.05) is 12.1 Å². The monoisotopic (exact) mass is 423 g/mol. The number of nitrogens with zero attached hydrogens (tertiary/aromatic N) is 2. The molecule has 1 N–H and O–H groups in total. The van der Waals surface area contributed by atoms with Gasteiger partial charge < -0.3 is 9.47 Å². The second-order valence-electron chi connectivity index (χ2n) is 6.33. The molecule has 0 spiro atoms. The van der Waals surface area contributed by atoms with E-state index in [-0.39, 0.29) is 23.7 Å². The van der Waals surface area contributed by atoms with Crippen LogP contribution in [0.15, 0.2) is 71.8 Å². The predicted molar refractivity (Wildman–Crippen MR) is 112 cm³/mol. The summed E-state index contributed by atoms with van der Waals surface area (Å²) in [6, 6.07) is 16.3. The third kappa shape index (κ3) is 5.86. The summed E-state index contributed by atoms with van der Waals surface area (Å²) in [4.78, 5) is 22.2. The molecule has 3 rings (SSSR count). The van der Waals surface area contributed by atoms with Gasteiger partial charge in [-0.05, 0) is 53.6 Å². The second kappa shape index (κ2) is 9.97. The first-order chi connectivity index (χ1) is 15.0. The van der Waals surface area contributed by atoms with Gasteiger partial charge in [-0.2, -0.15) is 5.10 Å². The van der Waals surface area contributed by atoms with Gasteiger partial charge >= 0.3 is 0 Å². The number of nitro benzene ring substituents is 1. The Morgan fingerprint density at radius 1 is 1.10 bits per heavy atom. The number of amides is 1. The molecule has 0 aliphatic rings. The zero-order valence-electron chi connectivity index (χ0n) is 16.4. The van der Waals surface area contributed by atoms with Gasteiger partial charge in [0, 0.05) is 17.7 Å². The van der Waals surface area contributed by atoms with E-state index in [1.165, 1.54) is 49.7 Å². The third-order valence-electron chi connectivity index (χ3n) is 4.22. The number of methoxy groups -OCH3 is 1. The van der Waals surface area contributed by atoms with E-state index in [0.717, 1.165) is 5.56 Å². The topological polar surface area (TPSA) is 103 Å². The molecule has 31 heavy (non-hydrogen) atoms. The lowest BCUT2D eigenvalue weighted by molar-refractivity contribution is -0.384. The average molecular weight is 423 g/mol. The van der Waals surface area contributed by atoms with E-state index >= 15 is 0 Å². The first-order valence-electron chi connectivity index (χ1n) is 9.09. The van der Waals surface area contributed by atoms with Crippen molar-refractivity contribution in [3.8, 4) is 11.5 Å². The van der Waals surface area contributed by atoms with Crippen LogP contribution in [0, 0.1) is 15.9 Å². The molecule has 0 aliphatic carbocycles. The van der Waals surface area contributed by atoms with Crippen molar-refractivity contribution < 1.29 is 23.6 Å². The summed E-state index contributed by atoms with van der Waals surface area (Å²) in [5.74, 6) is 0.148. The Morgan fingerprint density at radius 3 is 2.45 bits per heavy atom. The molecular formula is C22H18FN3O5. The highest BCUT2D eigenvalue weighted by Crippen LogP contribution is 2.28. The fourth-order valence-electron chi connectivity index (χ4n) is 2.59. The number of halogens is 1. The van der Waals surface area contributed by atoms with Gasteiger partial charge in [-0.3, -0.25) is 14.9 Å². The fraction of sp³-hybridized carbons (Fsp3) is 0.0909. The summed E-state index contributed by atoms with van der Waals surface area (Å²) >= 11 is 0. The molecule has 0 unspecified atom stereocenters. The van der Waals surface area contributed by atoms with Crippen LogP contribution >= 0.6 is 0 Å². The van der Waals surface area contributed by atoms with E-state index in [1.54, 1.807) is 30.3 Å². The summed E-state index contributed by atoms with van der Waals surface area (Å²) < 4.78 is 24.0. The van der Waals surface area contributed by atoms with Gasteiger partial charge in [0.2, 0.25) is 0 Å². The van der Waals surface area contributed by atoms with E-state index in [9.17, 15) is 19.3 Å². The van der Waals surface area contributed by atoms with Crippen LogP contribution < -0.4 is 14.9 Å². The van der Waals surface area contributed by atoms with Gasteiger partial charge in [0.1, 0.15) is 12.4 Å². The van der Waals surface area contributed by atoms with Crippen LogP contribution in [0.3, 0.4) is 0 Å². The number of benzene rings is 3. The number of carbonyl (C=O) groups excluding carboxylic acids is 1. The highest BCUT2D eigenvalue weighted by molar-refractivity contribution is 5.95. The van der Waals surface area contributed by atoms with Crippen molar-refractivity contribution in [2.45, 2.75) is 6.61 Å². The fourth-order valence-corrected chi connectivity index (χ4v) is 2.59. The van der Waals surface area contributed by atoms with E-state index in [2.05, 4.69) is 10.5 Å². The number of hydrogen-bond donors (Lipinski definition) is 1. The van der Waals surface area contributed by atoms with Crippen LogP contribution in [0.25, 0.3) is 0 Å². The molecule has 0 fully saturated rings. The zero-order valence-corrected chi connectivity index (χ0v) is 16.4. The quantitative estimate of drug-likeness (QED) is 0.334. The van der Waals surface area contributed by atoms with Gasteiger partial charge in [0.15, 0.2) is 11.5 Å². The van der Waals surface area contributed by atoms with Crippen LogP contribution in [0.1, 0.15) is 21.5 Å². The second-order valence-corrected chi connectivity index (χ2v) is 6.33. The number of hydrogen-bond acceptors (Lipinski definition) is 6. The Labute approximate surface area is 177 Å². The number of carbonyl (C=O) groups is 1. The molecule has 0 heterocycles. The minimum absolute atomic E-state index is 0.103. The van der Waals surface area contributed by atoms with Crippen LogP contribution in [0.4, 0.5) is 10.1 Å². The molecule has 0 aromatic heterocycles. The summed E-state index contributed by atoms with van der Waals surface area (Å²) in [6.07, 6.45) is 1.43. The van der Waals surface area contributed by atoms with Crippen molar-refractivity contribution in [3.63, 3.8) is 0 Å². The van der Waals surface area contributed by atoms with Crippen molar-refractivity contribution in [3.05, 3.63) is 99.4 Å². The van der Waals surface area contributed by atoms with E-state index in [1.807, 2.05) is 0 Å². The number of nitrogens with one attached hydrogen (secondary N) is 1. The van der Waals surface area contributed by atoms with Crippen molar-refractivity contribution in [2.75, 3.05) is 7.11 Å². The molecule has 0 radical (unpaired) electrons. The van der Waals surface area contributed by atoms with Gasteiger partial charge in [-0.25, -0.2) is 9.82 Å². The van der Waals surface area contributed by atoms with E-state index in [0.29, 0.717) is 17.1 Å². The Morgan fingerprint density at radius 2 is 1.81 bits per heavy atom. The number of ether oxygens (including phenoxy) is 2. The molecule has 0 atom stereocenters. The van der Waals surface area contributed by atoms with Crippen molar-refractivity contribution in [1.82, 2.24) is 5.43 Å². The standard InChI is InChI=1S/C22H18FN3O5/c1-30-21-12-16(4-11-20(21)31-14-15-2-7-18(23)8-3-15)13-24-25-22(27)17-5-9-19(10-6-17)26(28)29/h2-13H,14H2,1H3,(H,25,27)/b24-13-. The van der Waals surface area contributed by atoms with Gasteiger partial charge in [0.05, 0.1) is 18.2 Å². The Bertz CT molecular complexity index is 1100. The minimum Gasteiger partial charge on any atom is -0.493 e. The summed E-state index contributed by atoms with van der Waals surface area (Å²) in [5.41, 5.74) is 3.95. The first-order valence-corrected chi connectivity index (χ1v) is 9.09. The Hall–Kier alpha value is -4.27. The minimum atomic E-state index is -0.541. The lowest BCUT2D eigenvalue weighted by atomic mass is 10.2. The van der Waals surface area contributed by atoms with E-state index < -0.39 is 10.8 Å². The molecule has 1 amide bonds. The van der Waals surface area contributed by atoms with Gasteiger partial charge in [-0.15, -0.1) is 0 Å².